The van der Waals surface area contributed by atoms with E-state index in [-0.39, 0.29) is 6.54 Å². The lowest BCUT2D eigenvalue weighted by Crippen LogP contribution is -2.35. The average molecular weight is 405 g/mol. The first kappa shape index (κ1) is 17.8. The summed E-state index contributed by atoms with van der Waals surface area (Å²) in [5.41, 5.74) is 0.197. The zero-order chi connectivity index (χ0) is 20.5. The Bertz CT molecular complexity index is 1240. The lowest BCUT2D eigenvalue weighted by atomic mass is 10.1. The SMILES string of the molecule is O=C(Cn1nc(-n2cncn2)ccc1=O)N1N=C(c2ccco2)C[C@H]1c1ccco1. The van der Waals surface area contributed by atoms with Gasteiger partial charge in [0.15, 0.2) is 5.82 Å². The van der Waals surface area contributed by atoms with Crippen LogP contribution in [0.1, 0.15) is 24.0 Å². The summed E-state index contributed by atoms with van der Waals surface area (Å²) in [6, 6.07) is 9.44. The molecule has 0 aliphatic carbocycles. The molecule has 150 valence electrons. The highest BCUT2D eigenvalue weighted by atomic mass is 16.3. The summed E-state index contributed by atoms with van der Waals surface area (Å²) in [5.74, 6) is 1.11. The van der Waals surface area contributed by atoms with E-state index in [0.717, 1.165) is 4.68 Å². The van der Waals surface area contributed by atoms with E-state index >= 15 is 0 Å². The van der Waals surface area contributed by atoms with Gasteiger partial charge in [-0.2, -0.15) is 10.2 Å². The summed E-state index contributed by atoms with van der Waals surface area (Å²) in [4.78, 5) is 29.2. The third kappa shape index (κ3) is 3.21. The molecule has 4 aromatic heterocycles. The van der Waals surface area contributed by atoms with Crippen molar-refractivity contribution < 1.29 is 13.6 Å². The molecule has 0 saturated carbocycles. The van der Waals surface area contributed by atoms with Crippen molar-refractivity contribution in [2.24, 2.45) is 5.10 Å². The number of carbonyl (C=O) groups is 1. The molecule has 5 heterocycles. The number of hydrogen-bond acceptors (Lipinski definition) is 8. The molecule has 0 fully saturated rings. The Morgan fingerprint density at radius 1 is 1.13 bits per heavy atom. The fourth-order valence-electron chi connectivity index (χ4n) is 3.24. The predicted molar refractivity (Wildman–Crippen MR) is 102 cm³/mol. The van der Waals surface area contributed by atoms with Crippen LogP contribution in [0, 0.1) is 0 Å². The van der Waals surface area contributed by atoms with Crippen molar-refractivity contribution in [3.05, 3.63) is 83.5 Å². The molecule has 0 aromatic carbocycles. The van der Waals surface area contributed by atoms with Crippen LogP contribution in [0.2, 0.25) is 0 Å². The molecule has 0 bridgehead atoms. The zero-order valence-electron chi connectivity index (χ0n) is 15.5. The molecule has 30 heavy (non-hydrogen) atoms. The van der Waals surface area contributed by atoms with Gasteiger partial charge in [0, 0.05) is 12.5 Å². The van der Waals surface area contributed by atoms with Crippen LogP contribution in [-0.2, 0) is 11.3 Å². The van der Waals surface area contributed by atoms with Crippen LogP contribution in [-0.4, -0.2) is 41.2 Å². The molecule has 4 aromatic rings. The fraction of sp³-hybridized carbons (Fsp3) is 0.158. The Kier molecular flexibility index (Phi) is 4.32. The number of nitrogens with zero attached hydrogens (tertiary/aromatic N) is 7. The van der Waals surface area contributed by atoms with Crippen LogP contribution in [0.15, 0.2) is 80.3 Å². The van der Waals surface area contributed by atoms with Crippen molar-refractivity contribution in [1.82, 2.24) is 29.6 Å². The Labute approximate surface area is 168 Å². The third-order valence-electron chi connectivity index (χ3n) is 4.63. The first-order valence-corrected chi connectivity index (χ1v) is 9.09. The molecule has 0 radical (unpaired) electrons. The van der Waals surface area contributed by atoms with E-state index < -0.39 is 17.5 Å². The van der Waals surface area contributed by atoms with Gasteiger partial charge in [-0.25, -0.2) is 19.4 Å². The summed E-state index contributed by atoms with van der Waals surface area (Å²) in [5, 5.41) is 13.9. The maximum atomic E-state index is 13.1. The van der Waals surface area contributed by atoms with Crippen molar-refractivity contribution >= 4 is 11.6 Å². The molecule has 0 N–H and O–H groups in total. The van der Waals surface area contributed by atoms with E-state index in [2.05, 4.69) is 20.3 Å². The van der Waals surface area contributed by atoms with E-state index in [1.54, 1.807) is 30.5 Å². The smallest absolute Gasteiger partial charge is 0.267 e. The normalized spacial score (nSPS) is 16.1. The summed E-state index contributed by atoms with van der Waals surface area (Å²) in [6.45, 7) is -0.298. The monoisotopic (exact) mass is 405 g/mol. The van der Waals surface area contributed by atoms with Gasteiger partial charge in [0.2, 0.25) is 0 Å². The van der Waals surface area contributed by atoms with Crippen LogP contribution in [0.3, 0.4) is 0 Å². The maximum absolute atomic E-state index is 13.1. The predicted octanol–water partition coefficient (Wildman–Crippen LogP) is 1.39. The molecular weight excluding hydrogens is 390 g/mol. The van der Waals surface area contributed by atoms with Gasteiger partial charge >= 0.3 is 0 Å². The Balaban J connectivity index is 1.45. The summed E-state index contributed by atoms with van der Waals surface area (Å²) < 4.78 is 13.4. The number of aromatic nitrogens is 5. The van der Waals surface area contributed by atoms with Crippen molar-refractivity contribution in [3.63, 3.8) is 0 Å². The van der Waals surface area contributed by atoms with Crippen LogP contribution in [0.4, 0.5) is 0 Å². The van der Waals surface area contributed by atoms with E-state index in [9.17, 15) is 9.59 Å². The molecule has 1 amide bonds. The zero-order valence-corrected chi connectivity index (χ0v) is 15.5. The van der Waals surface area contributed by atoms with Gasteiger partial charge in [-0.05, 0) is 30.3 Å². The van der Waals surface area contributed by atoms with Crippen molar-refractivity contribution in [3.8, 4) is 5.82 Å². The number of furan rings is 2. The second-order valence-electron chi connectivity index (χ2n) is 6.53. The third-order valence-corrected chi connectivity index (χ3v) is 4.63. The van der Waals surface area contributed by atoms with Gasteiger partial charge in [-0.1, -0.05) is 0 Å². The quantitative estimate of drug-likeness (QED) is 0.491. The van der Waals surface area contributed by atoms with Crippen LogP contribution >= 0.6 is 0 Å². The Morgan fingerprint density at radius 2 is 2.00 bits per heavy atom. The van der Waals surface area contributed by atoms with E-state index in [0.29, 0.717) is 29.5 Å². The highest BCUT2D eigenvalue weighted by molar-refractivity contribution is 6.01. The molecule has 0 unspecified atom stereocenters. The number of hydrogen-bond donors (Lipinski definition) is 0. The number of hydrazone groups is 1. The second kappa shape index (κ2) is 7.28. The number of rotatable bonds is 5. The standard InChI is InChI=1S/C19H15N7O4/c27-18-6-5-17(25-12-20-11-21-25)23-24(18)10-19(28)26-14(16-4-2-8-30-16)9-13(22-26)15-3-1-7-29-15/h1-8,11-12,14H,9-10H2/t14-/m0/s1. The highest BCUT2D eigenvalue weighted by Crippen LogP contribution is 2.33. The van der Waals surface area contributed by atoms with Gasteiger partial charge in [-0.15, -0.1) is 5.10 Å². The highest BCUT2D eigenvalue weighted by Gasteiger charge is 2.36. The topological polar surface area (TPSA) is 125 Å². The van der Waals surface area contributed by atoms with Crippen molar-refractivity contribution in [2.45, 2.75) is 19.0 Å². The van der Waals surface area contributed by atoms with Crippen LogP contribution in [0.25, 0.3) is 5.82 Å². The minimum Gasteiger partial charge on any atom is -0.467 e. The molecule has 5 rings (SSSR count). The molecule has 11 heteroatoms. The largest absolute Gasteiger partial charge is 0.467 e. The van der Waals surface area contributed by atoms with Gasteiger partial charge in [0.05, 0.1) is 12.5 Å². The minimum atomic E-state index is -0.443. The lowest BCUT2D eigenvalue weighted by Gasteiger charge is -2.20. The van der Waals surface area contributed by atoms with E-state index in [4.69, 9.17) is 8.83 Å². The van der Waals surface area contributed by atoms with Gasteiger partial charge in [0.1, 0.15) is 42.5 Å². The maximum Gasteiger partial charge on any atom is 0.267 e. The number of amides is 1. The minimum absolute atomic E-state index is 0.298. The molecule has 0 spiro atoms. The van der Waals surface area contributed by atoms with Gasteiger partial charge in [-0.3, -0.25) is 9.59 Å². The van der Waals surface area contributed by atoms with Crippen molar-refractivity contribution in [2.75, 3.05) is 0 Å². The molecule has 1 aliphatic heterocycles. The summed E-state index contributed by atoms with van der Waals surface area (Å²) >= 11 is 0. The van der Waals surface area contributed by atoms with Crippen LogP contribution < -0.4 is 5.56 Å². The number of carbonyl (C=O) groups excluding carboxylic acids is 1. The van der Waals surface area contributed by atoms with E-state index in [1.165, 1.54) is 40.7 Å². The fourth-order valence-corrected chi connectivity index (χ4v) is 3.24. The average Bonchev–Trinajstić information content (AvgIpc) is 3.56. The van der Waals surface area contributed by atoms with Crippen LogP contribution in [0.5, 0.6) is 0 Å². The Morgan fingerprint density at radius 3 is 2.73 bits per heavy atom. The van der Waals surface area contributed by atoms with Gasteiger partial charge in [0.25, 0.3) is 11.5 Å². The molecule has 1 atom stereocenters. The molecule has 11 nitrogen and oxygen atoms in total. The molecular formula is C19H15N7O4. The molecule has 1 aliphatic rings. The second-order valence-corrected chi connectivity index (χ2v) is 6.53. The van der Waals surface area contributed by atoms with Gasteiger partial charge < -0.3 is 8.83 Å². The Hall–Kier alpha value is -4.28. The summed E-state index contributed by atoms with van der Waals surface area (Å²) in [7, 11) is 0. The van der Waals surface area contributed by atoms with Crippen molar-refractivity contribution in [1.29, 1.82) is 0 Å². The van der Waals surface area contributed by atoms with E-state index in [1.807, 2.05) is 0 Å². The summed E-state index contributed by atoms with van der Waals surface area (Å²) in [6.07, 6.45) is 6.31. The lowest BCUT2D eigenvalue weighted by molar-refractivity contribution is -0.134. The first-order valence-electron chi connectivity index (χ1n) is 9.09. The first-order chi connectivity index (χ1) is 14.7. The molecule has 0 saturated heterocycles.